The lowest BCUT2D eigenvalue weighted by Crippen LogP contribution is -1.68. The molecule has 1 N–H and O–H groups in total. The first-order valence-corrected chi connectivity index (χ1v) is 7.23. The molecule has 0 radical (unpaired) electrons. The second-order valence-corrected chi connectivity index (χ2v) is 5.84. The van der Waals surface area contributed by atoms with E-state index in [1.165, 1.54) is 11.3 Å². The monoisotopic (exact) mass is 302 g/mol. The van der Waals surface area contributed by atoms with Crippen LogP contribution in [-0.2, 0) is 0 Å². The molecule has 0 fully saturated rings. The van der Waals surface area contributed by atoms with E-state index in [-0.39, 0.29) is 5.75 Å². The molecule has 0 aliphatic rings. The Balaban J connectivity index is 2.03. The summed E-state index contributed by atoms with van der Waals surface area (Å²) in [4.78, 5) is 0. The van der Waals surface area contributed by atoms with E-state index in [9.17, 15) is 5.11 Å². The van der Waals surface area contributed by atoms with Crippen molar-refractivity contribution in [1.82, 2.24) is 0 Å². The average Bonchev–Trinajstić information content (AvgIpc) is 2.74. The number of halogens is 1. The van der Waals surface area contributed by atoms with Crippen LogP contribution in [0.3, 0.4) is 0 Å². The van der Waals surface area contributed by atoms with Crippen molar-refractivity contribution in [1.29, 1.82) is 0 Å². The van der Waals surface area contributed by atoms with Gasteiger partial charge in [0.15, 0.2) is 10.8 Å². The van der Waals surface area contributed by atoms with Gasteiger partial charge in [-0.3, -0.25) is 0 Å². The lowest BCUT2D eigenvalue weighted by molar-refractivity contribution is 0.484. The van der Waals surface area contributed by atoms with Crippen molar-refractivity contribution in [3.05, 3.63) is 53.1 Å². The molecule has 1 heterocycles. The highest BCUT2D eigenvalue weighted by Gasteiger charge is 2.10. The Labute approximate surface area is 125 Å². The minimum atomic E-state index is 0.167. The molecule has 0 saturated carbocycles. The number of azo groups is 1. The van der Waals surface area contributed by atoms with Crippen LogP contribution in [0.1, 0.15) is 5.56 Å². The molecule has 2 aromatic carbocycles. The van der Waals surface area contributed by atoms with Crippen LogP contribution in [0.4, 0.5) is 10.7 Å². The summed E-state index contributed by atoms with van der Waals surface area (Å²) >= 11 is 7.43. The van der Waals surface area contributed by atoms with Crippen molar-refractivity contribution in [2.24, 2.45) is 10.2 Å². The van der Waals surface area contributed by atoms with Gasteiger partial charge < -0.3 is 5.11 Å². The van der Waals surface area contributed by atoms with Crippen LogP contribution in [0, 0.1) is 6.92 Å². The third-order valence-corrected chi connectivity index (χ3v) is 4.25. The molecule has 20 heavy (non-hydrogen) atoms. The standard InChI is InChI=1S/C15H11ClN2OS/c1-9-6-7-10-13(8-9)20-15(14(10)19)18-17-12-5-3-2-4-11(12)16/h2-8,19H,1H3. The minimum Gasteiger partial charge on any atom is -0.504 e. The summed E-state index contributed by atoms with van der Waals surface area (Å²) in [5.74, 6) is 0.167. The van der Waals surface area contributed by atoms with Gasteiger partial charge in [-0.05, 0) is 36.8 Å². The van der Waals surface area contributed by atoms with Gasteiger partial charge >= 0.3 is 0 Å². The normalized spacial score (nSPS) is 11.5. The van der Waals surface area contributed by atoms with E-state index in [4.69, 9.17) is 11.6 Å². The molecular weight excluding hydrogens is 292 g/mol. The molecule has 0 bridgehead atoms. The van der Waals surface area contributed by atoms with E-state index in [2.05, 4.69) is 10.2 Å². The van der Waals surface area contributed by atoms with Gasteiger partial charge in [0.1, 0.15) is 5.69 Å². The van der Waals surface area contributed by atoms with Gasteiger partial charge in [-0.25, -0.2) is 0 Å². The van der Waals surface area contributed by atoms with E-state index in [1.54, 1.807) is 12.1 Å². The SMILES string of the molecule is Cc1ccc2c(O)c(N=Nc3ccccc3Cl)sc2c1. The Kier molecular flexibility index (Phi) is 3.42. The second-order valence-electron chi connectivity index (χ2n) is 4.41. The minimum absolute atomic E-state index is 0.167. The fourth-order valence-electron chi connectivity index (χ4n) is 1.88. The molecule has 0 spiro atoms. The van der Waals surface area contributed by atoms with Gasteiger partial charge in [0.2, 0.25) is 0 Å². The van der Waals surface area contributed by atoms with Crippen LogP contribution < -0.4 is 0 Å². The number of fused-ring (bicyclic) bond motifs is 1. The number of benzene rings is 2. The number of aryl methyl sites for hydroxylation is 1. The van der Waals surface area contributed by atoms with Crippen molar-refractivity contribution in [3.63, 3.8) is 0 Å². The fraction of sp³-hybridized carbons (Fsp3) is 0.0667. The lowest BCUT2D eigenvalue weighted by atomic mass is 10.2. The van der Waals surface area contributed by atoms with Gasteiger partial charge in [0, 0.05) is 10.1 Å². The van der Waals surface area contributed by atoms with E-state index in [1.807, 2.05) is 37.3 Å². The predicted octanol–water partition coefficient (Wildman–Crippen LogP) is 5.98. The van der Waals surface area contributed by atoms with Gasteiger partial charge in [-0.15, -0.1) is 21.6 Å². The quantitative estimate of drug-likeness (QED) is 0.581. The van der Waals surface area contributed by atoms with Crippen LogP contribution in [0.15, 0.2) is 52.7 Å². The van der Waals surface area contributed by atoms with Crippen LogP contribution in [0.25, 0.3) is 10.1 Å². The zero-order valence-corrected chi connectivity index (χ0v) is 12.2. The summed E-state index contributed by atoms with van der Waals surface area (Å²) in [5.41, 5.74) is 1.73. The summed E-state index contributed by atoms with van der Waals surface area (Å²) in [6.07, 6.45) is 0. The van der Waals surface area contributed by atoms with Crippen molar-refractivity contribution < 1.29 is 5.11 Å². The second kappa shape index (κ2) is 5.23. The smallest absolute Gasteiger partial charge is 0.181 e. The maximum absolute atomic E-state index is 10.2. The summed E-state index contributed by atoms with van der Waals surface area (Å²) in [7, 11) is 0. The number of rotatable bonds is 2. The number of hydrogen-bond acceptors (Lipinski definition) is 4. The number of aromatic hydroxyl groups is 1. The highest BCUT2D eigenvalue weighted by molar-refractivity contribution is 7.23. The zero-order valence-electron chi connectivity index (χ0n) is 10.7. The van der Waals surface area contributed by atoms with Crippen molar-refractivity contribution in [2.75, 3.05) is 0 Å². The predicted molar refractivity (Wildman–Crippen MR) is 83.9 cm³/mol. The maximum Gasteiger partial charge on any atom is 0.181 e. The Morgan fingerprint density at radius 3 is 2.70 bits per heavy atom. The molecule has 3 aromatic rings. The molecule has 0 aliphatic heterocycles. The number of nitrogens with zero attached hydrogens (tertiary/aromatic N) is 2. The van der Waals surface area contributed by atoms with Crippen molar-refractivity contribution in [2.45, 2.75) is 6.92 Å². The summed E-state index contributed by atoms with van der Waals surface area (Å²) in [6, 6.07) is 13.1. The Morgan fingerprint density at radius 2 is 1.90 bits per heavy atom. The summed E-state index contributed by atoms with van der Waals surface area (Å²) in [6.45, 7) is 2.02. The highest BCUT2D eigenvalue weighted by Crippen LogP contribution is 2.44. The molecule has 5 heteroatoms. The largest absolute Gasteiger partial charge is 0.504 e. The molecule has 0 saturated heterocycles. The van der Waals surface area contributed by atoms with Crippen molar-refractivity contribution >= 4 is 43.7 Å². The molecule has 3 nitrogen and oxygen atoms in total. The van der Waals surface area contributed by atoms with E-state index >= 15 is 0 Å². The first-order valence-electron chi connectivity index (χ1n) is 6.03. The van der Waals surface area contributed by atoms with Crippen LogP contribution in [0.5, 0.6) is 5.75 Å². The van der Waals surface area contributed by atoms with E-state index < -0.39 is 0 Å². The van der Waals surface area contributed by atoms with Crippen LogP contribution >= 0.6 is 22.9 Å². The molecule has 0 unspecified atom stereocenters. The van der Waals surface area contributed by atoms with Gasteiger partial charge in [0.25, 0.3) is 0 Å². The number of hydrogen-bond donors (Lipinski definition) is 1. The molecule has 1 aromatic heterocycles. The summed E-state index contributed by atoms with van der Waals surface area (Å²) < 4.78 is 0.996. The topological polar surface area (TPSA) is 45.0 Å². The van der Waals surface area contributed by atoms with Crippen LogP contribution in [0.2, 0.25) is 5.02 Å². The van der Waals surface area contributed by atoms with Gasteiger partial charge in [-0.2, -0.15) is 0 Å². The lowest BCUT2D eigenvalue weighted by Gasteiger charge is -1.94. The maximum atomic E-state index is 10.2. The molecule has 0 amide bonds. The Morgan fingerprint density at radius 1 is 1.10 bits per heavy atom. The van der Waals surface area contributed by atoms with Gasteiger partial charge in [-0.1, -0.05) is 29.8 Å². The average molecular weight is 303 g/mol. The molecule has 0 atom stereocenters. The first kappa shape index (κ1) is 13.1. The van der Waals surface area contributed by atoms with Gasteiger partial charge in [0.05, 0.1) is 5.02 Å². The summed E-state index contributed by atoms with van der Waals surface area (Å²) in [5, 5.41) is 20.2. The van der Waals surface area contributed by atoms with E-state index in [0.717, 1.165) is 15.6 Å². The Bertz CT molecular complexity index is 811. The molecular formula is C15H11ClN2OS. The molecule has 100 valence electrons. The fourth-order valence-corrected chi connectivity index (χ4v) is 3.07. The molecule has 3 rings (SSSR count). The third kappa shape index (κ3) is 2.40. The number of thiophene rings is 1. The zero-order chi connectivity index (χ0) is 14.1. The van der Waals surface area contributed by atoms with E-state index in [0.29, 0.717) is 15.7 Å². The third-order valence-electron chi connectivity index (χ3n) is 2.90. The first-order chi connectivity index (χ1) is 9.65. The van der Waals surface area contributed by atoms with Crippen molar-refractivity contribution in [3.8, 4) is 5.75 Å². The molecule has 0 aliphatic carbocycles. The van der Waals surface area contributed by atoms with Crippen LogP contribution in [-0.4, -0.2) is 5.11 Å². The Hall–Kier alpha value is -1.91. The highest BCUT2D eigenvalue weighted by atomic mass is 35.5.